The number of aliphatic hydroxyl groups is 1. The number of methoxy groups -OCH3 is 1. The number of nitrogens with one attached hydrogen (secondary N) is 2. The van der Waals surface area contributed by atoms with Crippen LogP contribution in [0.3, 0.4) is 0 Å². The molecule has 1 saturated heterocycles. The number of piperidine rings is 1. The van der Waals surface area contributed by atoms with Crippen molar-refractivity contribution in [2.24, 2.45) is 29.1 Å². The highest BCUT2D eigenvalue weighted by Gasteiger charge is 2.48. The number of aliphatic hydroxyl groups excluding tert-OH is 1. The van der Waals surface area contributed by atoms with Crippen LogP contribution in [-0.4, -0.2) is 66.2 Å². The molecule has 0 radical (unpaired) electrons. The van der Waals surface area contributed by atoms with E-state index in [0.717, 1.165) is 81.1 Å². The summed E-state index contributed by atoms with van der Waals surface area (Å²) < 4.78 is 5.49. The summed E-state index contributed by atoms with van der Waals surface area (Å²) in [6.45, 7) is 2.78. The van der Waals surface area contributed by atoms with Crippen molar-refractivity contribution in [3.05, 3.63) is 136 Å². The van der Waals surface area contributed by atoms with Crippen LogP contribution in [0.4, 0.5) is 5.82 Å². The van der Waals surface area contributed by atoms with Gasteiger partial charge in [-0.05, 0) is 188 Å². The molecule has 5 unspecified atom stereocenters. The zero-order chi connectivity index (χ0) is 45.2. The number of ketones is 2. The van der Waals surface area contributed by atoms with Crippen LogP contribution in [-0.2, 0) is 41.7 Å². The number of carbonyl (C=O) groups is 2. The quantitative estimate of drug-likeness (QED) is 0.0334. The van der Waals surface area contributed by atoms with E-state index in [9.17, 15) is 19.8 Å². The number of hydrogen-bond acceptors (Lipinski definition) is 9. The molecule has 8 rings (SSSR count). The Morgan fingerprint density at radius 1 is 0.938 bits per heavy atom. The van der Waals surface area contributed by atoms with E-state index < -0.39 is 6.61 Å². The number of phenolic OH excluding ortho intramolecular Hbond substituents is 1. The molecule has 6 N–H and O–H groups in total. The smallest absolute Gasteiger partial charge is 0.163 e. The average Bonchev–Trinajstić information content (AvgIpc) is 3.79. The first-order valence-electron chi connectivity index (χ1n) is 24.4. The number of nitrogens with two attached hydrogens (primary N) is 1. The Morgan fingerprint density at radius 3 is 2.49 bits per heavy atom. The monoisotopic (exact) mass is 879 g/mol. The number of nitrogen functional groups attached to an aromatic ring is 1. The molecule has 3 fully saturated rings. The molecule has 5 atom stereocenters. The fraction of sp³-hybridized carbons (Fsp3) is 0.482. The summed E-state index contributed by atoms with van der Waals surface area (Å²) in [5, 5.41) is 29.3. The van der Waals surface area contributed by atoms with Gasteiger partial charge < -0.3 is 31.3 Å². The molecular formula is C56H70N4O5. The standard InChI is InChI=1S/C56H70N4O5/c1-65-53-33-50(43(30-52(53)64)28-44-36-60-54(57)31-41(44)19-18-40-13-7-12-39(26-40)17-16-38-10-3-2-4-11-38)46(37-61)29-48(63)32-47(62)15-8-23-56(21-5-6-22-56)34-51-49-20-25-58-35-45(49)27-42-14-9-24-59-55(42)51/h2-4,7,9-14,26,29-31,33,36,42,45,49,51,55,58-59,61,64H,5-6,8,15-25,27-28,32,34-35,37H2,1H3,(H2,57,60). The van der Waals surface area contributed by atoms with E-state index in [-0.39, 0.29) is 34.9 Å². The molecule has 65 heavy (non-hydrogen) atoms. The van der Waals surface area contributed by atoms with E-state index in [4.69, 9.17) is 10.5 Å². The van der Waals surface area contributed by atoms with Crippen molar-refractivity contribution < 1.29 is 24.5 Å². The minimum Gasteiger partial charge on any atom is -0.504 e. The van der Waals surface area contributed by atoms with Crippen LogP contribution in [0.5, 0.6) is 11.5 Å². The summed E-state index contributed by atoms with van der Waals surface area (Å²) in [6.07, 6.45) is 22.6. The molecule has 0 bridgehead atoms. The maximum Gasteiger partial charge on any atom is 0.163 e. The van der Waals surface area contributed by atoms with Gasteiger partial charge in [0.2, 0.25) is 0 Å². The Balaban J connectivity index is 0.915. The lowest BCUT2D eigenvalue weighted by atomic mass is 9.57. The van der Waals surface area contributed by atoms with Gasteiger partial charge in [-0.15, -0.1) is 0 Å². The van der Waals surface area contributed by atoms with Crippen LogP contribution in [0.15, 0.2) is 97.2 Å². The Bertz CT molecular complexity index is 2320. The number of allylic oxidation sites excluding steroid dienone is 1. The SMILES string of the molecule is COc1cc(C(=CC(=O)CC(=O)CCCC2(CC3C4CCNCC4CC4C=CCNC43)CCCC2)CO)c(Cc2cnc(N)cc2CCc2cccc(CCc3ccccc3)c2)cc1O. The minimum atomic E-state index is -0.428. The number of aryl methyl sites for hydroxylation is 4. The summed E-state index contributed by atoms with van der Waals surface area (Å²) in [6, 6.07) is 25.0. The first-order chi connectivity index (χ1) is 31.7. The van der Waals surface area contributed by atoms with Gasteiger partial charge >= 0.3 is 0 Å². The van der Waals surface area contributed by atoms with Crippen LogP contribution in [0, 0.1) is 29.1 Å². The first-order valence-corrected chi connectivity index (χ1v) is 24.4. The van der Waals surface area contributed by atoms with Crippen molar-refractivity contribution in [1.82, 2.24) is 15.6 Å². The normalized spacial score (nSPS) is 22.6. The summed E-state index contributed by atoms with van der Waals surface area (Å²) in [5.41, 5.74) is 13.9. The van der Waals surface area contributed by atoms with Crippen molar-refractivity contribution >= 4 is 23.0 Å². The highest BCUT2D eigenvalue weighted by atomic mass is 16.5. The molecule has 3 aromatic carbocycles. The maximum atomic E-state index is 13.6. The van der Waals surface area contributed by atoms with Crippen molar-refractivity contribution in [3.63, 3.8) is 0 Å². The van der Waals surface area contributed by atoms with E-state index >= 15 is 0 Å². The second-order valence-corrected chi connectivity index (χ2v) is 19.7. The maximum absolute atomic E-state index is 13.6. The number of Topliss-reactive ketones (excluding diaryl/α,β-unsaturated/α-hetero) is 1. The highest BCUT2D eigenvalue weighted by Crippen LogP contribution is 2.53. The van der Waals surface area contributed by atoms with Crippen LogP contribution in [0.1, 0.15) is 110 Å². The molecule has 0 amide bonds. The third-order valence-corrected chi connectivity index (χ3v) is 15.4. The van der Waals surface area contributed by atoms with Gasteiger partial charge in [-0.1, -0.05) is 79.6 Å². The van der Waals surface area contributed by atoms with Gasteiger partial charge in [0.25, 0.3) is 0 Å². The molecule has 2 aliphatic heterocycles. The molecule has 4 aliphatic rings. The molecule has 344 valence electrons. The molecule has 3 heterocycles. The van der Waals surface area contributed by atoms with Crippen molar-refractivity contribution in [2.45, 2.75) is 109 Å². The van der Waals surface area contributed by atoms with Crippen LogP contribution >= 0.6 is 0 Å². The zero-order valence-corrected chi connectivity index (χ0v) is 38.4. The third-order valence-electron chi connectivity index (χ3n) is 15.4. The number of benzene rings is 3. The van der Waals surface area contributed by atoms with Crippen molar-refractivity contribution in [1.29, 1.82) is 0 Å². The van der Waals surface area contributed by atoms with E-state index in [2.05, 4.69) is 76.3 Å². The van der Waals surface area contributed by atoms with Gasteiger partial charge in [0.15, 0.2) is 17.3 Å². The number of hydrogen-bond donors (Lipinski definition) is 5. The Labute approximate surface area is 386 Å². The zero-order valence-electron chi connectivity index (χ0n) is 38.4. The molecule has 0 spiro atoms. The predicted molar refractivity (Wildman–Crippen MR) is 260 cm³/mol. The fourth-order valence-corrected chi connectivity index (χ4v) is 12.2. The van der Waals surface area contributed by atoms with Gasteiger partial charge in [-0.2, -0.15) is 0 Å². The second kappa shape index (κ2) is 21.9. The summed E-state index contributed by atoms with van der Waals surface area (Å²) in [5.74, 6) is 2.97. The molecule has 9 heteroatoms. The van der Waals surface area contributed by atoms with Gasteiger partial charge in [-0.3, -0.25) is 9.59 Å². The topological polar surface area (TPSA) is 147 Å². The Morgan fingerprint density at radius 2 is 1.71 bits per heavy atom. The van der Waals surface area contributed by atoms with Crippen LogP contribution in [0.25, 0.3) is 5.57 Å². The lowest BCUT2D eigenvalue weighted by molar-refractivity contribution is -0.124. The number of pyridine rings is 1. The fourth-order valence-electron chi connectivity index (χ4n) is 12.2. The van der Waals surface area contributed by atoms with Gasteiger partial charge in [-0.25, -0.2) is 4.98 Å². The molecule has 2 saturated carbocycles. The second-order valence-electron chi connectivity index (χ2n) is 19.7. The third kappa shape index (κ3) is 11.8. The van der Waals surface area contributed by atoms with E-state index in [1.807, 2.05) is 12.1 Å². The number of anilines is 1. The minimum absolute atomic E-state index is 0.0481. The lowest BCUT2D eigenvalue weighted by Gasteiger charge is -2.52. The number of nitrogens with zero attached hydrogens (tertiary/aromatic N) is 1. The number of carbonyl (C=O) groups excluding carboxylic acids is 2. The summed E-state index contributed by atoms with van der Waals surface area (Å²) in [7, 11) is 1.47. The first kappa shape index (κ1) is 46.4. The van der Waals surface area contributed by atoms with Crippen LogP contribution in [0.2, 0.25) is 0 Å². The molecule has 2 aliphatic carbocycles. The largest absolute Gasteiger partial charge is 0.504 e. The molecule has 9 nitrogen and oxygen atoms in total. The molecular weight excluding hydrogens is 809 g/mol. The predicted octanol–water partition coefficient (Wildman–Crippen LogP) is 8.95. The summed E-state index contributed by atoms with van der Waals surface area (Å²) >= 11 is 0. The Hall–Kier alpha value is -5.09. The van der Waals surface area contributed by atoms with E-state index in [1.54, 1.807) is 18.3 Å². The number of fused-ring (bicyclic) bond motifs is 2. The van der Waals surface area contributed by atoms with E-state index in [0.29, 0.717) is 53.2 Å². The van der Waals surface area contributed by atoms with E-state index in [1.165, 1.54) is 74.8 Å². The number of rotatable bonds is 20. The summed E-state index contributed by atoms with van der Waals surface area (Å²) in [4.78, 5) is 31.5. The van der Waals surface area contributed by atoms with Crippen molar-refractivity contribution in [3.8, 4) is 11.5 Å². The van der Waals surface area contributed by atoms with Gasteiger partial charge in [0, 0.05) is 25.2 Å². The van der Waals surface area contributed by atoms with Crippen LogP contribution < -0.4 is 21.1 Å². The number of aromatic nitrogens is 1. The number of phenols is 1. The number of aromatic hydroxyl groups is 1. The van der Waals surface area contributed by atoms with Gasteiger partial charge in [0.05, 0.1) is 20.1 Å². The molecule has 4 aromatic rings. The number of ether oxygens (including phenoxy) is 1. The van der Waals surface area contributed by atoms with Crippen molar-refractivity contribution in [2.75, 3.05) is 39.1 Å². The Kier molecular flexibility index (Phi) is 15.7. The molecule has 1 aromatic heterocycles. The lowest BCUT2D eigenvalue weighted by Crippen LogP contribution is -2.56. The van der Waals surface area contributed by atoms with Gasteiger partial charge in [0.1, 0.15) is 11.6 Å². The average molecular weight is 879 g/mol. The highest BCUT2D eigenvalue weighted by molar-refractivity contribution is 6.07.